The highest BCUT2D eigenvalue weighted by molar-refractivity contribution is 6.00. The van der Waals surface area contributed by atoms with Gasteiger partial charge in [0.15, 0.2) is 0 Å². The third-order valence-corrected chi connectivity index (χ3v) is 5.31. The van der Waals surface area contributed by atoms with Gasteiger partial charge in [0.1, 0.15) is 5.82 Å². The molecule has 0 N–H and O–H groups in total. The summed E-state index contributed by atoms with van der Waals surface area (Å²) < 4.78 is 19.5. The summed E-state index contributed by atoms with van der Waals surface area (Å²) in [6.45, 7) is 4.18. The Balaban J connectivity index is 1.53. The highest BCUT2D eigenvalue weighted by Crippen LogP contribution is 2.31. The molecular formula is C21H23FN2O2. The van der Waals surface area contributed by atoms with Crippen molar-refractivity contribution in [3.63, 3.8) is 0 Å². The molecule has 5 heteroatoms. The number of halogens is 1. The van der Waals surface area contributed by atoms with E-state index in [-0.39, 0.29) is 17.6 Å². The summed E-state index contributed by atoms with van der Waals surface area (Å²) in [4.78, 5) is 17.2. The third kappa shape index (κ3) is 3.31. The van der Waals surface area contributed by atoms with Gasteiger partial charge in [-0.3, -0.25) is 4.79 Å². The topological polar surface area (TPSA) is 32.8 Å². The zero-order valence-electron chi connectivity index (χ0n) is 14.7. The van der Waals surface area contributed by atoms with E-state index in [0.29, 0.717) is 31.9 Å². The van der Waals surface area contributed by atoms with Crippen molar-refractivity contribution in [3.8, 4) is 0 Å². The zero-order valence-corrected chi connectivity index (χ0v) is 14.7. The van der Waals surface area contributed by atoms with Crippen LogP contribution in [0.2, 0.25) is 0 Å². The smallest absolute Gasteiger partial charge is 0.255 e. The predicted octanol–water partition coefficient (Wildman–Crippen LogP) is 3.29. The quantitative estimate of drug-likeness (QED) is 0.848. The first-order chi connectivity index (χ1) is 12.7. The monoisotopic (exact) mass is 354 g/mol. The molecule has 0 saturated carbocycles. The Morgan fingerprint density at radius 2 is 1.73 bits per heavy atom. The van der Waals surface area contributed by atoms with Crippen LogP contribution in [-0.2, 0) is 4.74 Å². The molecule has 2 saturated heterocycles. The Morgan fingerprint density at radius 1 is 1.00 bits per heavy atom. The van der Waals surface area contributed by atoms with E-state index in [0.717, 1.165) is 30.8 Å². The largest absolute Gasteiger partial charge is 0.378 e. The molecule has 2 heterocycles. The molecule has 4 nitrogen and oxygen atoms in total. The van der Waals surface area contributed by atoms with Crippen LogP contribution in [0.5, 0.6) is 0 Å². The van der Waals surface area contributed by atoms with E-state index in [1.54, 1.807) is 6.07 Å². The standard InChI is InChI=1S/C21H23FN2O2/c22-19-7-3-1-5-17(19)16-9-10-24(15-16)21(25)18-6-2-4-8-20(18)23-11-13-26-14-12-23/h1-8,16H,9-15H2/t16-/m1/s1. The third-order valence-electron chi connectivity index (χ3n) is 5.31. The lowest BCUT2D eigenvalue weighted by Crippen LogP contribution is -2.38. The number of rotatable bonds is 3. The van der Waals surface area contributed by atoms with Gasteiger partial charge in [-0.25, -0.2) is 4.39 Å². The second-order valence-electron chi connectivity index (χ2n) is 6.87. The van der Waals surface area contributed by atoms with Crippen molar-refractivity contribution in [2.75, 3.05) is 44.3 Å². The van der Waals surface area contributed by atoms with E-state index in [4.69, 9.17) is 4.74 Å². The van der Waals surface area contributed by atoms with Crippen molar-refractivity contribution in [1.82, 2.24) is 4.90 Å². The lowest BCUT2D eigenvalue weighted by molar-refractivity contribution is 0.0790. The average molecular weight is 354 g/mol. The maximum atomic E-state index is 14.1. The van der Waals surface area contributed by atoms with Crippen LogP contribution in [0.1, 0.15) is 28.3 Å². The lowest BCUT2D eigenvalue weighted by Gasteiger charge is -2.31. The summed E-state index contributed by atoms with van der Waals surface area (Å²) in [7, 11) is 0. The van der Waals surface area contributed by atoms with Gasteiger partial charge in [0.05, 0.1) is 18.8 Å². The number of anilines is 1. The van der Waals surface area contributed by atoms with Crippen LogP contribution in [0.4, 0.5) is 10.1 Å². The maximum Gasteiger partial charge on any atom is 0.255 e. The van der Waals surface area contributed by atoms with Crippen LogP contribution in [-0.4, -0.2) is 50.2 Å². The second-order valence-corrected chi connectivity index (χ2v) is 6.87. The summed E-state index contributed by atoms with van der Waals surface area (Å²) in [6.07, 6.45) is 0.798. The molecule has 0 spiro atoms. The van der Waals surface area contributed by atoms with E-state index in [9.17, 15) is 9.18 Å². The molecule has 0 radical (unpaired) electrons. The highest BCUT2D eigenvalue weighted by atomic mass is 19.1. The van der Waals surface area contributed by atoms with Crippen LogP contribution in [0.15, 0.2) is 48.5 Å². The maximum absolute atomic E-state index is 14.1. The molecule has 2 aromatic rings. The first-order valence-corrected chi connectivity index (χ1v) is 9.19. The molecule has 2 aliphatic rings. The van der Waals surface area contributed by atoms with Crippen molar-refractivity contribution < 1.29 is 13.9 Å². The molecule has 0 aliphatic carbocycles. The number of nitrogens with zero attached hydrogens (tertiary/aromatic N) is 2. The molecule has 2 aliphatic heterocycles. The van der Waals surface area contributed by atoms with E-state index in [2.05, 4.69) is 4.90 Å². The number of likely N-dealkylation sites (tertiary alicyclic amines) is 1. The Morgan fingerprint density at radius 3 is 2.54 bits per heavy atom. The number of amides is 1. The molecule has 4 rings (SSSR count). The molecule has 2 aromatic carbocycles. The van der Waals surface area contributed by atoms with Gasteiger partial charge in [-0.15, -0.1) is 0 Å². The van der Waals surface area contributed by atoms with Crippen molar-refractivity contribution in [2.24, 2.45) is 0 Å². The van der Waals surface area contributed by atoms with Crippen LogP contribution in [0.3, 0.4) is 0 Å². The summed E-state index contributed by atoms with van der Waals surface area (Å²) >= 11 is 0. The lowest BCUT2D eigenvalue weighted by atomic mass is 9.98. The molecule has 136 valence electrons. The Hall–Kier alpha value is -2.40. The fourth-order valence-electron chi connectivity index (χ4n) is 3.91. The predicted molar refractivity (Wildman–Crippen MR) is 99.1 cm³/mol. The van der Waals surface area contributed by atoms with Gasteiger partial charge in [0, 0.05) is 37.8 Å². The molecule has 0 aromatic heterocycles. The van der Waals surface area contributed by atoms with E-state index in [1.165, 1.54) is 6.07 Å². The van der Waals surface area contributed by atoms with E-state index < -0.39 is 0 Å². The van der Waals surface area contributed by atoms with Crippen molar-refractivity contribution >= 4 is 11.6 Å². The Bertz CT molecular complexity index is 789. The Labute approximate surface area is 153 Å². The first-order valence-electron chi connectivity index (χ1n) is 9.19. The second kappa shape index (κ2) is 7.46. The van der Waals surface area contributed by atoms with E-state index >= 15 is 0 Å². The number of para-hydroxylation sites is 1. The Kier molecular flexibility index (Phi) is 4.89. The first kappa shape index (κ1) is 17.0. The van der Waals surface area contributed by atoms with Crippen LogP contribution >= 0.6 is 0 Å². The van der Waals surface area contributed by atoms with Gasteiger partial charge in [-0.1, -0.05) is 30.3 Å². The SMILES string of the molecule is O=C(c1ccccc1N1CCOCC1)N1CC[C@@H](c2ccccc2F)C1. The summed E-state index contributed by atoms with van der Waals surface area (Å²) in [6, 6.07) is 14.6. The minimum Gasteiger partial charge on any atom is -0.378 e. The summed E-state index contributed by atoms with van der Waals surface area (Å²) in [5, 5.41) is 0. The van der Waals surface area contributed by atoms with E-state index in [1.807, 2.05) is 41.3 Å². The number of morpholine rings is 1. The fraction of sp³-hybridized carbons (Fsp3) is 0.381. The molecule has 1 amide bonds. The summed E-state index contributed by atoms with van der Waals surface area (Å²) in [5.74, 6) is -0.0813. The molecule has 26 heavy (non-hydrogen) atoms. The van der Waals surface area contributed by atoms with Gasteiger partial charge in [0.2, 0.25) is 0 Å². The molecule has 2 fully saturated rings. The number of benzene rings is 2. The normalized spacial score (nSPS) is 20.4. The minimum absolute atomic E-state index is 0.0333. The number of ether oxygens (including phenoxy) is 1. The van der Waals surface area contributed by atoms with Crippen LogP contribution in [0.25, 0.3) is 0 Å². The van der Waals surface area contributed by atoms with Gasteiger partial charge in [0.25, 0.3) is 5.91 Å². The van der Waals surface area contributed by atoms with Gasteiger partial charge >= 0.3 is 0 Å². The van der Waals surface area contributed by atoms with Gasteiger partial charge in [-0.05, 0) is 30.2 Å². The van der Waals surface area contributed by atoms with Crippen molar-refractivity contribution in [1.29, 1.82) is 0 Å². The minimum atomic E-state index is -0.180. The molecule has 0 unspecified atom stereocenters. The number of hydrogen-bond donors (Lipinski definition) is 0. The highest BCUT2D eigenvalue weighted by Gasteiger charge is 2.31. The fourth-order valence-corrected chi connectivity index (χ4v) is 3.91. The number of carbonyl (C=O) groups is 1. The van der Waals surface area contributed by atoms with Crippen LogP contribution in [0, 0.1) is 5.82 Å². The van der Waals surface area contributed by atoms with Crippen LogP contribution < -0.4 is 4.90 Å². The number of carbonyl (C=O) groups excluding carboxylic acids is 1. The molecule has 1 atom stereocenters. The van der Waals surface area contributed by atoms with Crippen molar-refractivity contribution in [3.05, 3.63) is 65.5 Å². The number of hydrogen-bond acceptors (Lipinski definition) is 3. The zero-order chi connectivity index (χ0) is 17.9. The van der Waals surface area contributed by atoms with Gasteiger partial charge < -0.3 is 14.5 Å². The average Bonchev–Trinajstić information content (AvgIpc) is 3.18. The molecular weight excluding hydrogens is 331 g/mol. The molecule has 0 bridgehead atoms. The van der Waals surface area contributed by atoms with Gasteiger partial charge in [-0.2, -0.15) is 0 Å². The van der Waals surface area contributed by atoms with Crippen molar-refractivity contribution in [2.45, 2.75) is 12.3 Å². The summed E-state index contributed by atoms with van der Waals surface area (Å²) in [5.41, 5.74) is 2.41.